The van der Waals surface area contributed by atoms with Gasteiger partial charge in [0.05, 0.1) is 25.2 Å². The van der Waals surface area contributed by atoms with Gasteiger partial charge < -0.3 is 29.0 Å². The Morgan fingerprint density at radius 1 is 1.32 bits per heavy atom. The van der Waals surface area contributed by atoms with Crippen LogP contribution in [0.2, 0.25) is 0 Å². The maximum Gasteiger partial charge on any atom is 0.410 e. The Bertz CT molecular complexity index is 780. The zero-order valence-electron chi connectivity index (χ0n) is 18.6. The summed E-state index contributed by atoms with van der Waals surface area (Å²) in [5.41, 5.74) is -1.97. The summed E-state index contributed by atoms with van der Waals surface area (Å²) in [5, 5.41) is 9.07. The van der Waals surface area contributed by atoms with E-state index in [1.165, 1.54) is 5.57 Å². The van der Waals surface area contributed by atoms with E-state index in [0.717, 1.165) is 11.3 Å². The zero-order valence-corrected chi connectivity index (χ0v) is 18.6. The molecule has 7 atom stereocenters. The van der Waals surface area contributed by atoms with E-state index >= 15 is 0 Å². The molecule has 2 unspecified atom stereocenters. The monoisotopic (exact) mass is 441 g/mol. The lowest BCUT2D eigenvalue weighted by atomic mass is 9.68. The highest BCUT2D eigenvalue weighted by atomic mass is 19.1. The van der Waals surface area contributed by atoms with E-state index in [9.17, 15) is 14.0 Å². The number of likely N-dealkylation sites (tertiary alicyclic amines) is 1. The fourth-order valence-electron chi connectivity index (χ4n) is 5.38. The van der Waals surface area contributed by atoms with Gasteiger partial charge in [0.15, 0.2) is 0 Å². The highest BCUT2D eigenvalue weighted by molar-refractivity contribution is 5.80. The van der Waals surface area contributed by atoms with Gasteiger partial charge in [0.25, 0.3) is 0 Å². The molecule has 4 aliphatic rings. The smallest absolute Gasteiger partial charge is 0.410 e. The number of nitrogens with zero attached hydrogens (tertiary/aromatic N) is 1. The van der Waals surface area contributed by atoms with Crippen molar-refractivity contribution in [2.45, 2.75) is 81.6 Å². The standard InChI is InChI=1S/C22H32FNO7/c1-13(2)5-6-15-20(3,31-15)17-16(28-4)14(7-8-22(17)12-29-22)30-19(27)24-10-9-21(23,11-24)18(25)26/h5,14-17H,6-12H2,1-4H3,(H,25,26)/t14-,15?,16-,17-,20+,21?,22+/m1/s1. The van der Waals surface area contributed by atoms with E-state index in [-0.39, 0.29) is 30.6 Å². The van der Waals surface area contributed by atoms with Crippen LogP contribution in [0.25, 0.3) is 0 Å². The van der Waals surface area contributed by atoms with Gasteiger partial charge in [-0.25, -0.2) is 14.0 Å². The fourth-order valence-corrected chi connectivity index (χ4v) is 5.38. The average molecular weight is 441 g/mol. The van der Waals surface area contributed by atoms with Crippen LogP contribution in [0.4, 0.5) is 9.18 Å². The van der Waals surface area contributed by atoms with Crippen molar-refractivity contribution >= 4 is 12.1 Å². The second-order valence-corrected chi connectivity index (χ2v) is 9.74. The van der Waals surface area contributed by atoms with E-state index in [0.29, 0.717) is 19.4 Å². The van der Waals surface area contributed by atoms with Gasteiger partial charge >= 0.3 is 12.1 Å². The average Bonchev–Trinajstić information content (AvgIpc) is 3.58. The van der Waals surface area contributed by atoms with Crippen LogP contribution in [-0.4, -0.2) is 84.1 Å². The molecule has 0 aromatic rings. The number of allylic oxidation sites excluding steroid dienone is 1. The van der Waals surface area contributed by atoms with Crippen molar-refractivity contribution in [2.75, 3.05) is 26.8 Å². The second-order valence-electron chi connectivity index (χ2n) is 9.74. The number of hydrogen-bond donors (Lipinski definition) is 1. The third kappa shape index (κ3) is 3.96. The van der Waals surface area contributed by atoms with Gasteiger partial charge in [0, 0.05) is 20.1 Å². The van der Waals surface area contributed by atoms with Crippen molar-refractivity contribution in [1.29, 1.82) is 0 Å². The molecule has 174 valence electrons. The molecule has 0 radical (unpaired) electrons. The third-order valence-electron chi connectivity index (χ3n) is 7.35. The number of rotatable bonds is 6. The van der Waals surface area contributed by atoms with Crippen LogP contribution in [0.15, 0.2) is 11.6 Å². The van der Waals surface area contributed by atoms with Crippen LogP contribution in [-0.2, 0) is 23.7 Å². The molecule has 1 N–H and O–H groups in total. The Balaban J connectivity index is 1.46. The van der Waals surface area contributed by atoms with Crippen LogP contribution in [0.3, 0.4) is 0 Å². The fraction of sp³-hybridized carbons (Fsp3) is 0.818. The lowest BCUT2D eigenvalue weighted by Crippen LogP contribution is -2.56. The van der Waals surface area contributed by atoms with E-state index in [2.05, 4.69) is 13.0 Å². The predicted octanol–water partition coefficient (Wildman–Crippen LogP) is 2.70. The summed E-state index contributed by atoms with van der Waals surface area (Å²) in [4.78, 5) is 25.0. The number of halogens is 1. The molecule has 3 saturated heterocycles. The molecule has 1 amide bonds. The highest BCUT2D eigenvalue weighted by Crippen LogP contribution is 2.59. The Hall–Kier alpha value is -1.71. The molecule has 3 heterocycles. The largest absolute Gasteiger partial charge is 0.479 e. The van der Waals surface area contributed by atoms with Gasteiger partial charge in [-0.2, -0.15) is 0 Å². The second kappa shape index (κ2) is 7.71. The van der Waals surface area contributed by atoms with Crippen molar-refractivity contribution in [3.63, 3.8) is 0 Å². The number of aliphatic carboxylic acids is 1. The summed E-state index contributed by atoms with van der Waals surface area (Å²) >= 11 is 0. The number of carbonyl (C=O) groups excluding carboxylic acids is 1. The van der Waals surface area contributed by atoms with Gasteiger partial charge in [-0.3, -0.25) is 0 Å². The number of amides is 1. The Labute approximate surface area is 181 Å². The molecule has 0 bridgehead atoms. The van der Waals surface area contributed by atoms with E-state index in [1.807, 2.05) is 13.8 Å². The summed E-state index contributed by atoms with van der Waals surface area (Å²) in [5.74, 6) is -1.66. The number of carboxylic acids is 1. The van der Waals surface area contributed by atoms with Crippen molar-refractivity contribution in [2.24, 2.45) is 5.92 Å². The molecule has 1 saturated carbocycles. The molecular formula is C22H32FNO7. The quantitative estimate of drug-likeness (QED) is 0.500. The SMILES string of the molecule is CO[C@@H]1[C@H](OC(=O)N2CCC(F)(C(=O)O)C2)CC[C@]2(CO2)[C@H]1[C@@]1(C)OC1CC=C(C)C. The van der Waals surface area contributed by atoms with Crippen molar-refractivity contribution in [3.05, 3.63) is 11.6 Å². The molecule has 0 aromatic carbocycles. The minimum atomic E-state index is -2.42. The number of carboxylic acid groups (broad SMARTS) is 1. The minimum Gasteiger partial charge on any atom is -0.479 e. The summed E-state index contributed by atoms with van der Waals surface area (Å²) in [6, 6.07) is 0. The Morgan fingerprint density at radius 2 is 2.03 bits per heavy atom. The zero-order chi connectivity index (χ0) is 22.6. The van der Waals surface area contributed by atoms with E-state index in [1.54, 1.807) is 7.11 Å². The first-order chi connectivity index (χ1) is 14.5. The third-order valence-corrected chi connectivity index (χ3v) is 7.35. The van der Waals surface area contributed by atoms with Gasteiger partial charge in [-0.1, -0.05) is 11.6 Å². The maximum atomic E-state index is 14.4. The lowest BCUT2D eigenvalue weighted by molar-refractivity contribution is -0.150. The maximum absolute atomic E-state index is 14.4. The predicted molar refractivity (Wildman–Crippen MR) is 107 cm³/mol. The number of methoxy groups -OCH3 is 1. The Kier molecular flexibility index (Phi) is 5.59. The van der Waals surface area contributed by atoms with E-state index in [4.69, 9.17) is 24.1 Å². The molecule has 1 aliphatic carbocycles. The van der Waals surface area contributed by atoms with E-state index < -0.39 is 42.1 Å². The summed E-state index contributed by atoms with van der Waals surface area (Å²) in [6.07, 6.45) is 2.35. The molecule has 0 aromatic heterocycles. The normalized spacial score (nSPS) is 43.6. The molecule has 1 spiro atoms. The first-order valence-corrected chi connectivity index (χ1v) is 10.9. The van der Waals surface area contributed by atoms with Crippen LogP contribution in [0.5, 0.6) is 0 Å². The minimum absolute atomic E-state index is 0.00802. The number of ether oxygens (including phenoxy) is 4. The summed E-state index contributed by atoms with van der Waals surface area (Å²) in [6.45, 7) is 6.29. The molecule has 4 rings (SSSR count). The first kappa shape index (κ1) is 22.5. The molecular weight excluding hydrogens is 409 g/mol. The highest BCUT2D eigenvalue weighted by Gasteiger charge is 2.72. The molecule has 31 heavy (non-hydrogen) atoms. The summed E-state index contributed by atoms with van der Waals surface area (Å²) in [7, 11) is 1.59. The Morgan fingerprint density at radius 3 is 2.58 bits per heavy atom. The lowest BCUT2D eigenvalue weighted by Gasteiger charge is -2.43. The molecule has 8 nitrogen and oxygen atoms in total. The number of alkyl halides is 1. The number of epoxide rings is 2. The van der Waals surface area contributed by atoms with Crippen molar-refractivity contribution in [1.82, 2.24) is 4.90 Å². The van der Waals surface area contributed by atoms with Gasteiger partial charge in [0.2, 0.25) is 5.67 Å². The van der Waals surface area contributed by atoms with Crippen molar-refractivity contribution in [3.8, 4) is 0 Å². The van der Waals surface area contributed by atoms with Crippen molar-refractivity contribution < 1.29 is 38.0 Å². The molecule has 3 aliphatic heterocycles. The molecule has 9 heteroatoms. The first-order valence-electron chi connectivity index (χ1n) is 10.9. The number of carbonyl (C=O) groups is 2. The van der Waals surface area contributed by atoms with Crippen LogP contribution >= 0.6 is 0 Å². The summed E-state index contributed by atoms with van der Waals surface area (Å²) < 4.78 is 38.0. The van der Waals surface area contributed by atoms with Gasteiger partial charge in [0.1, 0.15) is 23.4 Å². The van der Waals surface area contributed by atoms with Gasteiger partial charge in [-0.15, -0.1) is 0 Å². The topological polar surface area (TPSA) is 101 Å². The van der Waals surface area contributed by atoms with Gasteiger partial charge in [-0.05, 0) is 40.0 Å². The number of hydrogen-bond acceptors (Lipinski definition) is 6. The molecule has 4 fully saturated rings. The van der Waals surface area contributed by atoms with Crippen LogP contribution < -0.4 is 0 Å². The van der Waals surface area contributed by atoms with Crippen LogP contribution in [0, 0.1) is 5.92 Å². The van der Waals surface area contributed by atoms with Crippen LogP contribution in [0.1, 0.15) is 46.5 Å².